The van der Waals surface area contributed by atoms with E-state index in [9.17, 15) is 18.8 Å². The van der Waals surface area contributed by atoms with Crippen LogP contribution in [0.2, 0.25) is 0 Å². The number of nitrogens with zero attached hydrogens (tertiary/aromatic N) is 2. The second kappa shape index (κ2) is 8.20. The third-order valence-corrected chi connectivity index (χ3v) is 6.54. The minimum Gasteiger partial charge on any atom is -0.274 e. The Kier molecular flexibility index (Phi) is 5.34. The Labute approximate surface area is 198 Å². The second-order valence-corrected chi connectivity index (χ2v) is 9.08. The van der Waals surface area contributed by atoms with Gasteiger partial charge in [0.15, 0.2) is 0 Å². The van der Waals surface area contributed by atoms with E-state index < -0.39 is 41.5 Å². The van der Waals surface area contributed by atoms with Crippen LogP contribution in [0.15, 0.2) is 77.3 Å². The summed E-state index contributed by atoms with van der Waals surface area (Å²) in [5.41, 5.74) is 5.50. The molecule has 2 fully saturated rings. The SMILES string of the molecule is Cc1ccc(N2C(=O)[C@@H]3[C@H](c4ccc(F)cc4)NN(C(=O)c4cccc(Br)c4)[C@H]3C2=O)cc1. The van der Waals surface area contributed by atoms with Crippen LogP contribution < -0.4 is 10.3 Å². The molecule has 0 saturated carbocycles. The number of rotatable bonds is 3. The molecule has 2 heterocycles. The molecule has 3 aromatic carbocycles. The molecule has 3 amide bonds. The molecule has 8 heteroatoms. The fourth-order valence-electron chi connectivity index (χ4n) is 4.43. The molecule has 3 atom stereocenters. The zero-order chi connectivity index (χ0) is 23.3. The second-order valence-electron chi connectivity index (χ2n) is 8.16. The van der Waals surface area contributed by atoms with Crippen molar-refractivity contribution in [1.82, 2.24) is 10.4 Å². The topological polar surface area (TPSA) is 69.7 Å². The molecular formula is C25H19BrFN3O3. The third kappa shape index (κ3) is 3.65. The first kappa shape index (κ1) is 21.5. The van der Waals surface area contributed by atoms with Crippen molar-refractivity contribution < 1.29 is 18.8 Å². The zero-order valence-electron chi connectivity index (χ0n) is 17.5. The number of hydrogen-bond acceptors (Lipinski definition) is 4. The van der Waals surface area contributed by atoms with Gasteiger partial charge in [0.1, 0.15) is 11.9 Å². The zero-order valence-corrected chi connectivity index (χ0v) is 19.1. The van der Waals surface area contributed by atoms with Crippen molar-refractivity contribution in [3.8, 4) is 0 Å². The quantitative estimate of drug-likeness (QED) is 0.540. The normalized spacial score (nSPS) is 22.1. The van der Waals surface area contributed by atoms with Gasteiger partial charge in [-0.15, -0.1) is 0 Å². The lowest BCUT2D eigenvalue weighted by molar-refractivity contribution is -0.123. The van der Waals surface area contributed by atoms with Crippen molar-refractivity contribution >= 4 is 39.3 Å². The lowest BCUT2D eigenvalue weighted by atomic mass is 9.91. The van der Waals surface area contributed by atoms with E-state index in [1.165, 1.54) is 17.1 Å². The molecule has 0 bridgehead atoms. The highest BCUT2D eigenvalue weighted by Crippen LogP contribution is 2.42. The first-order chi connectivity index (χ1) is 15.8. The molecule has 2 saturated heterocycles. The van der Waals surface area contributed by atoms with E-state index in [-0.39, 0.29) is 0 Å². The fraction of sp³-hybridized carbons (Fsp3) is 0.160. The van der Waals surface area contributed by atoms with Gasteiger partial charge in [-0.1, -0.05) is 51.8 Å². The predicted molar refractivity (Wildman–Crippen MR) is 124 cm³/mol. The van der Waals surface area contributed by atoms with Gasteiger partial charge in [-0.3, -0.25) is 19.4 Å². The standard InChI is InChI=1S/C25H19BrFN3O3/c1-14-5-11-19(12-6-14)29-24(32)20-21(15-7-9-18(27)10-8-15)28-30(22(20)25(29)33)23(31)16-3-2-4-17(26)13-16/h2-13,20-22,28H,1H3/t20-,21+,22-/m1/s1. The molecule has 0 radical (unpaired) electrons. The van der Waals surface area contributed by atoms with E-state index in [2.05, 4.69) is 21.4 Å². The molecule has 33 heavy (non-hydrogen) atoms. The van der Waals surface area contributed by atoms with Crippen LogP contribution in [-0.4, -0.2) is 28.8 Å². The van der Waals surface area contributed by atoms with Crippen molar-refractivity contribution in [1.29, 1.82) is 0 Å². The molecule has 3 aromatic rings. The molecule has 2 aliphatic rings. The molecule has 2 aliphatic heterocycles. The van der Waals surface area contributed by atoms with E-state index >= 15 is 0 Å². The fourth-order valence-corrected chi connectivity index (χ4v) is 4.83. The van der Waals surface area contributed by atoms with Gasteiger partial charge in [-0.25, -0.2) is 14.7 Å². The number of fused-ring (bicyclic) bond motifs is 1. The summed E-state index contributed by atoms with van der Waals surface area (Å²) in [6.45, 7) is 1.92. The van der Waals surface area contributed by atoms with E-state index in [1.807, 2.05) is 19.1 Å². The van der Waals surface area contributed by atoms with Gasteiger partial charge in [0.2, 0.25) is 5.91 Å². The highest BCUT2D eigenvalue weighted by Gasteiger charge is 2.60. The van der Waals surface area contributed by atoms with Gasteiger partial charge < -0.3 is 0 Å². The van der Waals surface area contributed by atoms with E-state index in [1.54, 1.807) is 48.5 Å². The summed E-state index contributed by atoms with van der Waals surface area (Å²) in [6, 6.07) is 17.9. The van der Waals surface area contributed by atoms with Gasteiger partial charge in [-0.05, 0) is 55.0 Å². The van der Waals surface area contributed by atoms with Crippen LogP contribution >= 0.6 is 15.9 Å². The number of nitrogens with one attached hydrogen (secondary N) is 1. The summed E-state index contributed by atoms with van der Waals surface area (Å²) < 4.78 is 14.3. The Hall–Kier alpha value is -3.36. The van der Waals surface area contributed by atoms with Crippen molar-refractivity contribution in [3.63, 3.8) is 0 Å². The average molecular weight is 508 g/mol. The summed E-state index contributed by atoms with van der Waals surface area (Å²) >= 11 is 3.36. The molecule has 0 spiro atoms. The van der Waals surface area contributed by atoms with Gasteiger partial charge in [0, 0.05) is 10.0 Å². The smallest absolute Gasteiger partial charge is 0.268 e. The molecule has 6 nitrogen and oxygen atoms in total. The number of amides is 3. The number of hydrogen-bond donors (Lipinski definition) is 1. The molecular weight excluding hydrogens is 489 g/mol. The Morgan fingerprint density at radius 1 is 0.970 bits per heavy atom. The van der Waals surface area contributed by atoms with Crippen LogP contribution in [0, 0.1) is 18.7 Å². The summed E-state index contributed by atoms with van der Waals surface area (Å²) in [7, 11) is 0. The van der Waals surface area contributed by atoms with Crippen LogP contribution in [0.25, 0.3) is 0 Å². The van der Waals surface area contributed by atoms with Crippen molar-refractivity contribution in [3.05, 3.63) is 99.8 Å². The molecule has 5 rings (SSSR count). The average Bonchev–Trinajstić information content (AvgIpc) is 3.31. The number of hydrazine groups is 1. The summed E-state index contributed by atoms with van der Waals surface area (Å²) in [5.74, 6) is -2.57. The maximum absolute atomic E-state index is 13.5. The van der Waals surface area contributed by atoms with Gasteiger partial charge in [0.05, 0.1) is 17.6 Å². The summed E-state index contributed by atoms with van der Waals surface area (Å²) in [5, 5.41) is 1.24. The highest BCUT2D eigenvalue weighted by atomic mass is 79.9. The van der Waals surface area contributed by atoms with Crippen molar-refractivity contribution in [2.24, 2.45) is 5.92 Å². The Morgan fingerprint density at radius 2 is 1.67 bits per heavy atom. The Morgan fingerprint density at radius 3 is 2.33 bits per heavy atom. The number of anilines is 1. The first-order valence-corrected chi connectivity index (χ1v) is 11.2. The van der Waals surface area contributed by atoms with Gasteiger partial charge in [0.25, 0.3) is 11.8 Å². The third-order valence-electron chi connectivity index (χ3n) is 6.05. The van der Waals surface area contributed by atoms with Crippen LogP contribution in [0.5, 0.6) is 0 Å². The molecule has 0 aliphatic carbocycles. The molecule has 0 aromatic heterocycles. The van der Waals surface area contributed by atoms with Gasteiger partial charge >= 0.3 is 0 Å². The van der Waals surface area contributed by atoms with Crippen LogP contribution in [-0.2, 0) is 9.59 Å². The maximum atomic E-state index is 13.5. The number of carbonyl (C=O) groups is 3. The van der Waals surface area contributed by atoms with Crippen LogP contribution in [0.4, 0.5) is 10.1 Å². The Bertz CT molecular complexity index is 1260. The summed E-state index contributed by atoms with van der Waals surface area (Å²) in [4.78, 5) is 41.6. The van der Waals surface area contributed by atoms with Gasteiger partial charge in [-0.2, -0.15) is 0 Å². The highest BCUT2D eigenvalue weighted by molar-refractivity contribution is 9.10. The van der Waals surface area contributed by atoms with E-state index in [0.29, 0.717) is 21.3 Å². The van der Waals surface area contributed by atoms with E-state index in [4.69, 9.17) is 0 Å². The minimum atomic E-state index is -1.03. The molecule has 166 valence electrons. The first-order valence-electron chi connectivity index (χ1n) is 10.4. The number of aryl methyl sites for hydroxylation is 1. The largest absolute Gasteiger partial charge is 0.274 e. The van der Waals surface area contributed by atoms with E-state index in [0.717, 1.165) is 10.5 Å². The lowest BCUT2D eigenvalue weighted by Crippen LogP contribution is -2.48. The summed E-state index contributed by atoms with van der Waals surface area (Å²) in [6.07, 6.45) is 0. The molecule has 1 N–H and O–H groups in total. The minimum absolute atomic E-state index is 0.365. The monoisotopic (exact) mass is 507 g/mol. The maximum Gasteiger partial charge on any atom is 0.268 e. The van der Waals surface area contributed by atoms with Crippen LogP contribution in [0.3, 0.4) is 0 Å². The number of benzene rings is 3. The number of imide groups is 1. The number of halogens is 2. The van der Waals surface area contributed by atoms with Crippen LogP contribution in [0.1, 0.15) is 27.5 Å². The predicted octanol–water partition coefficient (Wildman–Crippen LogP) is 4.16. The van der Waals surface area contributed by atoms with Crippen molar-refractivity contribution in [2.45, 2.75) is 19.0 Å². The lowest BCUT2D eigenvalue weighted by Gasteiger charge is -2.25. The number of carbonyl (C=O) groups excluding carboxylic acids is 3. The Balaban J connectivity index is 1.58. The van der Waals surface area contributed by atoms with Crippen molar-refractivity contribution in [2.75, 3.05) is 4.90 Å². The molecule has 0 unspecified atom stereocenters.